The van der Waals surface area contributed by atoms with Gasteiger partial charge in [-0.1, -0.05) is 45.0 Å². The Morgan fingerprint density at radius 2 is 1.88 bits per heavy atom. The van der Waals surface area contributed by atoms with Crippen LogP contribution in [0.2, 0.25) is 0 Å². The van der Waals surface area contributed by atoms with Crippen molar-refractivity contribution in [1.82, 2.24) is 0 Å². The summed E-state index contributed by atoms with van der Waals surface area (Å²) in [5, 5.41) is 0. The predicted molar refractivity (Wildman–Crippen MR) is 71.9 cm³/mol. The van der Waals surface area contributed by atoms with Gasteiger partial charge in [-0.25, -0.2) is 0 Å². The van der Waals surface area contributed by atoms with E-state index in [0.717, 1.165) is 0 Å². The third kappa shape index (κ3) is 4.70. The number of aryl methyl sites for hydroxylation is 1. The molecule has 1 rings (SSSR count). The summed E-state index contributed by atoms with van der Waals surface area (Å²) < 4.78 is 0. The first kappa shape index (κ1) is 13.9. The zero-order chi connectivity index (χ0) is 13.1. The summed E-state index contributed by atoms with van der Waals surface area (Å²) in [6, 6.07) is 7.70. The van der Waals surface area contributed by atoms with Crippen LogP contribution in [-0.4, -0.2) is 11.8 Å². The van der Waals surface area contributed by atoms with Crippen LogP contribution in [0, 0.1) is 12.3 Å². The van der Waals surface area contributed by atoms with Crippen molar-refractivity contribution >= 4 is 5.78 Å². The summed E-state index contributed by atoms with van der Waals surface area (Å²) in [7, 11) is 0. The number of hydrogen-bond donors (Lipinski definition) is 1. The molecule has 0 aromatic heterocycles. The SMILES string of the molecule is Cc1ccccc1C[C@H](N)C(=O)CC(C)(C)C. The quantitative estimate of drug-likeness (QED) is 0.869. The zero-order valence-corrected chi connectivity index (χ0v) is 11.3. The maximum Gasteiger partial charge on any atom is 0.150 e. The monoisotopic (exact) mass is 233 g/mol. The smallest absolute Gasteiger partial charge is 0.150 e. The highest BCUT2D eigenvalue weighted by Gasteiger charge is 2.21. The minimum atomic E-state index is -0.379. The Kier molecular flexibility index (Phi) is 4.47. The maximum atomic E-state index is 11.9. The van der Waals surface area contributed by atoms with Crippen LogP contribution in [0.4, 0.5) is 0 Å². The second kappa shape index (κ2) is 5.46. The highest BCUT2D eigenvalue weighted by atomic mass is 16.1. The lowest BCUT2D eigenvalue weighted by Crippen LogP contribution is -2.35. The van der Waals surface area contributed by atoms with E-state index in [0.29, 0.717) is 12.8 Å². The Morgan fingerprint density at radius 1 is 1.29 bits per heavy atom. The molecule has 0 heterocycles. The average molecular weight is 233 g/mol. The number of Topliss-reactive ketones (excluding diaryl/α,β-unsaturated/α-hetero) is 1. The molecule has 0 saturated heterocycles. The molecule has 0 aliphatic heterocycles. The molecular formula is C15H23NO. The number of rotatable bonds is 4. The van der Waals surface area contributed by atoms with Gasteiger partial charge in [0, 0.05) is 6.42 Å². The molecule has 1 aromatic carbocycles. The van der Waals surface area contributed by atoms with Gasteiger partial charge in [-0.2, -0.15) is 0 Å². The van der Waals surface area contributed by atoms with Gasteiger partial charge in [-0.15, -0.1) is 0 Å². The third-order valence-electron chi connectivity index (χ3n) is 2.82. The molecule has 0 spiro atoms. The van der Waals surface area contributed by atoms with Crippen LogP contribution in [0.3, 0.4) is 0 Å². The van der Waals surface area contributed by atoms with Crippen LogP contribution in [0.5, 0.6) is 0 Å². The Bertz CT molecular complexity index is 390. The molecule has 0 aliphatic rings. The fourth-order valence-electron chi connectivity index (χ4n) is 1.84. The summed E-state index contributed by atoms with van der Waals surface area (Å²) >= 11 is 0. The third-order valence-corrected chi connectivity index (χ3v) is 2.82. The van der Waals surface area contributed by atoms with Gasteiger partial charge in [-0.05, 0) is 29.9 Å². The number of nitrogens with two attached hydrogens (primary N) is 1. The van der Waals surface area contributed by atoms with Crippen molar-refractivity contribution in [2.75, 3.05) is 0 Å². The van der Waals surface area contributed by atoms with E-state index in [9.17, 15) is 4.79 Å². The molecule has 0 fully saturated rings. The van der Waals surface area contributed by atoms with Crippen LogP contribution >= 0.6 is 0 Å². The zero-order valence-electron chi connectivity index (χ0n) is 11.3. The predicted octanol–water partition coefficient (Wildman–Crippen LogP) is 2.87. The topological polar surface area (TPSA) is 43.1 Å². The van der Waals surface area contributed by atoms with E-state index < -0.39 is 0 Å². The molecule has 0 saturated carbocycles. The molecule has 0 radical (unpaired) electrons. The summed E-state index contributed by atoms with van der Waals surface area (Å²) in [6.07, 6.45) is 1.18. The number of benzene rings is 1. The van der Waals surface area contributed by atoms with Crippen LogP contribution in [0.25, 0.3) is 0 Å². The molecular weight excluding hydrogens is 210 g/mol. The Balaban J connectivity index is 2.64. The van der Waals surface area contributed by atoms with Crippen molar-refractivity contribution in [3.8, 4) is 0 Å². The standard InChI is InChI=1S/C15H23NO/c1-11-7-5-6-8-12(11)9-13(16)14(17)10-15(2,3)4/h5-8,13H,9-10,16H2,1-4H3/t13-/m0/s1. The lowest BCUT2D eigenvalue weighted by atomic mass is 9.86. The van der Waals surface area contributed by atoms with Crippen LogP contribution in [-0.2, 0) is 11.2 Å². The normalized spacial score (nSPS) is 13.5. The average Bonchev–Trinajstić information content (AvgIpc) is 2.18. The van der Waals surface area contributed by atoms with Gasteiger partial charge < -0.3 is 5.73 Å². The fourth-order valence-corrected chi connectivity index (χ4v) is 1.84. The van der Waals surface area contributed by atoms with E-state index >= 15 is 0 Å². The number of carbonyl (C=O) groups is 1. The minimum Gasteiger partial charge on any atom is -0.321 e. The lowest BCUT2D eigenvalue weighted by Gasteiger charge is -2.20. The number of hydrogen-bond acceptors (Lipinski definition) is 2. The summed E-state index contributed by atoms with van der Waals surface area (Å²) in [4.78, 5) is 11.9. The second-order valence-electron chi connectivity index (χ2n) is 5.94. The van der Waals surface area contributed by atoms with Gasteiger partial charge in [-0.3, -0.25) is 4.79 Å². The van der Waals surface area contributed by atoms with Crippen molar-refractivity contribution in [3.63, 3.8) is 0 Å². The molecule has 17 heavy (non-hydrogen) atoms. The number of ketones is 1. The first-order valence-corrected chi connectivity index (χ1v) is 6.12. The molecule has 0 amide bonds. The largest absolute Gasteiger partial charge is 0.321 e. The van der Waals surface area contributed by atoms with Gasteiger partial charge in [0.05, 0.1) is 6.04 Å². The van der Waals surface area contributed by atoms with E-state index in [2.05, 4.69) is 33.8 Å². The molecule has 1 atom stereocenters. The van der Waals surface area contributed by atoms with Crippen LogP contribution in [0.15, 0.2) is 24.3 Å². The minimum absolute atomic E-state index is 0.0143. The number of carbonyl (C=O) groups excluding carboxylic acids is 1. The van der Waals surface area contributed by atoms with Crippen LogP contribution in [0.1, 0.15) is 38.3 Å². The molecule has 2 N–H and O–H groups in total. The highest BCUT2D eigenvalue weighted by molar-refractivity contribution is 5.84. The lowest BCUT2D eigenvalue weighted by molar-refractivity contribution is -0.121. The Labute approximate surface area is 104 Å². The van der Waals surface area contributed by atoms with Crippen molar-refractivity contribution in [3.05, 3.63) is 35.4 Å². The van der Waals surface area contributed by atoms with Gasteiger partial charge in [0.25, 0.3) is 0 Å². The van der Waals surface area contributed by atoms with Crippen molar-refractivity contribution in [1.29, 1.82) is 0 Å². The second-order valence-corrected chi connectivity index (χ2v) is 5.94. The molecule has 2 nitrogen and oxygen atoms in total. The fraction of sp³-hybridized carbons (Fsp3) is 0.533. The molecule has 94 valence electrons. The molecule has 1 aromatic rings. The molecule has 2 heteroatoms. The summed E-state index contributed by atoms with van der Waals surface area (Å²) in [5.41, 5.74) is 8.36. The Hall–Kier alpha value is -1.15. The van der Waals surface area contributed by atoms with E-state index in [4.69, 9.17) is 5.73 Å². The first-order valence-electron chi connectivity index (χ1n) is 6.12. The maximum absolute atomic E-state index is 11.9. The molecule has 0 unspecified atom stereocenters. The first-order chi connectivity index (χ1) is 7.79. The van der Waals surface area contributed by atoms with Gasteiger partial charge in [0.2, 0.25) is 0 Å². The highest BCUT2D eigenvalue weighted by Crippen LogP contribution is 2.20. The van der Waals surface area contributed by atoms with Gasteiger partial charge in [0.15, 0.2) is 0 Å². The van der Waals surface area contributed by atoms with Gasteiger partial charge >= 0.3 is 0 Å². The van der Waals surface area contributed by atoms with E-state index in [1.54, 1.807) is 0 Å². The van der Waals surface area contributed by atoms with E-state index in [-0.39, 0.29) is 17.2 Å². The van der Waals surface area contributed by atoms with E-state index in [1.165, 1.54) is 11.1 Å². The molecule has 0 aliphatic carbocycles. The van der Waals surface area contributed by atoms with Crippen LogP contribution < -0.4 is 5.73 Å². The van der Waals surface area contributed by atoms with Crippen molar-refractivity contribution in [2.45, 2.75) is 46.6 Å². The van der Waals surface area contributed by atoms with Crippen molar-refractivity contribution in [2.24, 2.45) is 11.1 Å². The van der Waals surface area contributed by atoms with E-state index in [1.807, 2.05) is 18.2 Å². The van der Waals surface area contributed by atoms with Crippen molar-refractivity contribution < 1.29 is 4.79 Å². The van der Waals surface area contributed by atoms with Gasteiger partial charge in [0.1, 0.15) is 5.78 Å². The summed E-state index contributed by atoms with van der Waals surface area (Å²) in [6.45, 7) is 8.23. The summed E-state index contributed by atoms with van der Waals surface area (Å²) in [5.74, 6) is 0.153. The molecule has 0 bridgehead atoms. The Morgan fingerprint density at radius 3 is 2.41 bits per heavy atom.